The van der Waals surface area contributed by atoms with Crippen LogP contribution in [-0.2, 0) is 14.8 Å². The Balaban J connectivity index is 2.61. The molecule has 1 fully saturated rings. The third kappa shape index (κ3) is 1.64. The molecule has 0 aromatic carbocycles. The summed E-state index contributed by atoms with van der Waals surface area (Å²) >= 11 is 0. The second kappa shape index (κ2) is 1.93. The van der Waals surface area contributed by atoms with Crippen molar-refractivity contribution in [2.24, 2.45) is 0 Å². The molecule has 0 aromatic rings. The van der Waals surface area contributed by atoms with E-state index in [9.17, 15) is 8.42 Å². The fraction of sp³-hybridized carbons (Fsp3) is 1.00. The maximum Gasteiger partial charge on any atom is 0.213 e. The van der Waals surface area contributed by atoms with Crippen LogP contribution < -0.4 is 0 Å². The van der Waals surface area contributed by atoms with E-state index < -0.39 is 10.0 Å². The predicted octanol–water partition coefficient (Wildman–Crippen LogP) is -0.766. The second-order valence-corrected chi connectivity index (χ2v) is 4.11. The standard InChI is InChI=1S/C4H9NO3S/c1-5(4-3-8-4)9(2,6)7/h4H,3H2,1-2H3/t4-/m1/s1. The quantitative estimate of drug-likeness (QED) is 0.487. The van der Waals surface area contributed by atoms with E-state index in [4.69, 9.17) is 4.74 Å². The Kier molecular flexibility index (Phi) is 1.50. The zero-order valence-electron chi connectivity index (χ0n) is 5.36. The number of nitrogens with zero attached hydrogens (tertiary/aromatic N) is 1. The van der Waals surface area contributed by atoms with Gasteiger partial charge in [-0.1, -0.05) is 0 Å². The maximum atomic E-state index is 10.7. The predicted molar refractivity (Wildman–Crippen MR) is 32.3 cm³/mol. The van der Waals surface area contributed by atoms with Gasteiger partial charge in [0.15, 0.2) is 0 Å². The third-order valence-corrected chi connectivity index (χ3v) is 2.53. The lowest BCUT2D eigenvalue weighted by Gasteiger charge is -2.08. The normalized spacial score (nSPS) is 26.8. The molecule has 0 saturated carbocycles. The number of hydrogen-bond donors (Lipinski definition) is 0. The lowest BCUT2D eigenvalue weighted by molar-refractivity contribution is 0.300. The molecule has 0 aliphatic carbocycles. The van der Waals surface area contributed by atoms with E-state index in [0.29, 0.717) is 6.61 Å². The van der Waals surface area contributed by atoms with Gasteiger partial charge in [0.05, 0.1) is 12.9 Å². The van der Waals surface area contributed by atoms with Crippen molar-refractivity contribution in [3.05, 3.63) is 0 Å². The van der Waals surface area contributed by atoms with Gasteiger partial charge in [-0.3, -0.25) is 0 Å². The van der Waals surface area contributed by atoms with Crippen LogP contribution in [-0.4, -0.2) is 38.9 Å². The highest BCUT2D eigenvalue weighted by molar-refractivity contribution is 7.88. The van der Waals surface area contributed by atoms with E-state index in [-0.39, 0.29) is 6.23 Å². The number of ether oxygens (including phenoxy) is 1. The third-order valence-electron chi connectivity index (χ3n) is 1.24. The molecule has 0 amide bonds. The van der Waals surface area contributed by atoms with E-state index in [1.165, 1.54) is 11.4 Å². The van der Waals surface area contributed by atoms with Gasteiger partial charge in [0.25, 0.3) is 0 Å². The second-order valence-electron chi connectivity index (χ2n) is 2.07. The first-order valence-electron chi connectivity index (χ1n) is 2.56. The van der Waals surface area contributed by atoms with Crippen LogP contribution in [0.3, 0.4) is 0 Å². The molecule has 0 N–H and O–H groups in total. The minimum absolute atomic E-state index is 0.194. The summed E-state index contributed by atoms with van der Waals surface area (Å²) in [5.41, 5.74) is 0. The average Bonchev–Trinajstić information content (AvgIpc) is 2.40. The van der Waals surface area contributed by atoms with Crippen LogP contribution >= 0.6 is 0 Å². The SMILES string of the molecule is CN([C@H]1CO1)S(C)(=O)=O. The molecule has 0 unspecified atom stereocenters. The van der Waals surface area contributed by atoms with Gasteiger partial charge in [0.1, 0.15) is 6.23 Å². The molecule has 1 rings (SSSR count). The average molecular weight is 151 g/mol. The zero-order chi connectivity index (χ0) is 7.07. The molecule has 1 aliphatic heterocycles. The number of likely N-dealkylation sites (N-methyl/N-ethyl adjacent to an activating group) is 1. The minimum atomic E-state index is -3.03. The first kappa shape index (κ1) is 6.98. The minimum Gasteiger partial charge on any atom is -0.356 e. The van der Waals surface area contributed by atoms with Crippen molar-refractivity contribution in [1.82, 2.24) is 4.31 Å². The van der Waals surface area contributed by atoms with Gasteiger partial charge < -0.3 is 4.74 Å². The highest BCUT2D eigenvalue weighted by atomic mass is 32.2. The van der Waals surface area contributed by atoms with Crippen molar-refractivity contribution < 1.29 is 13.2 Å². The summed E-state index contributed by atoms with van der Waals surface area (Å²) in [5, 5.41) is 0. The summed E-state index contributed by atoms with van der Waals surface area (Å²) in [7, 11) is -1.52. The van der Waals surface area contributed by atoms with Crippen LogP contribution in [0.15, 0.2) is 0 Å². The molecule has 0 aromatic heterocycles. The summed E-state index contributed by atoms with van der Waals surface area (Å²) in [6.45, 7) is 0.531. The van der Waals surface area contributed by atoms with Gasteiger partial charge in [-0.05, 0) is 0 Å². The number of rotatable bonds is 2. The Morgan fingerprint density at radius 1 is 1.67 bits per heavy atom. The fourth-order valence-electron chi connectivity index (χ4n) is 0.467. The molecule has 1 aliphatic rings. The van der Waals surface area contributed by atoms with Crippen molar-refractivity contribution in [2.75, 3.05) is 19.9 Å². The Morgan fingerprint density at radius 2 is 2.11 bits per heavy atom. The number of hydrogen-bond acceptors (Lipinski definition) is 3. The first-order chi connectivity index (χ1) is 4.02. The zero-order valence-corrected chi connectivity index (χ0v) is 6.18. The van der Waals surface area contributed by atoms with E-state index in [1.54, 1.807) is 0 Å². The Bertz CT molecular complexity index is 194. The van der Waals surface area contributed by atoms with Crippen molar-refractivity contribution in [2.45, 2.75) is 6.23 Å². The van der Waals surface area contributed by atoms with E-state index in [0.717, 1.165) is 6.26 Å². The first-order valence-corrected chi connectivity index (χ1v) is 4.41. The maximum absolute atomic E-state index is 10.7. The lowest BCUT2D eigenvalue weighted by atomic mass is 10.8. The molecule has 0 spiro atoms. The Morgan fingerprint density at radius 3 is 2.22 bits per heavy atom. The van der Waals surface area contributed by atoms with Crippen LogP contribution in [0.25, 0.3) is 0 Å². The molecule has 1 atom stereocenters. The lowest BCUT2D eigenvalue weighted by Crippen LogP contribution is -2.28. The van der Waals surface area contributed by atoms with Gasteiger partial charge in [-0.25, -0.2) is 8.42 Å². The van der Waals surface area contributed by atoms with Crippen LogP contribution in [0.1, 0.15) is 0 Å². The topological polar surface area (TPSA) is 49.9 Å². The summed E-state index contributed by atoms with van der Waals surface area (Å²) in [6.07, 6.45) is 0.967. The van der Waals surface area contributed by atoms with Gasteiger partial charge in [0.2, 0.25) is 10.0 Å². The van der Waals surface area contributed by atoms with E-state index >= 15 is 0 Å². The van der Waals surface area contributed by atoms with Crippen LogP contribution in [0.4, 0.5) is 0 Å². The van der Waals surface area contributed by atoms with Crippen molar-refractivity contribution in [3.63, 3.8) is 0 Å². The summed E-state index contributed by atoms with van der Waals surface area (Å²) in [4.78, 5) is 0. The molecule has 54 valence electrons. The van der Waals surface area contributed by atoms with Gasteiger partial charge in [0, 0.05) is 7.05 Å². The van der Waals surface area contributed by atoms with E-state index in [2.05, 4.69) is 0 Å². The molecule has 9 heavy (non-hydrogen) atoms. The monoisotopic (exact) mass is 151 g/mol. The highest BCUT2D eigenvalue weighted by Crippen LogP contribution is 2.15. The largest absolute Gasteiger partial charge is 0.356 e. The molecule has 1 saturated heterocycles. The summed E-state index contributed by atoms with van der Waals surface area (Å²) in [6, 6.07) is 0. The van der Waals surface area contributed by atoms with Gasteiger partial charge >= 0.3 is 0 Å². The molecule has 4 nitrogen and oxygen atoms in total. The van der Waals surface area contributed by atoms with Gasteiger partial charge in [-0.2, -0.15) is 4.31 Å². The van der Waals surface area contributed by atoms with Crippen molar-refractivity contribution in [1.29, 1.82) is 0 Å². The molecule has 5 heteroatoms. The number of sulfonamides is 1. The highest BCUT2D eigenvalue weighted by Gasteiger charge is 2.32. The van der Waals surface area contributed by atoms with E-state index in [1.807, 2.05) is 0 Å². The molecule has 0 radical (unpaired) electrons. The Labute approximate surface area is 54.5 Å². The molecular weight excluding hydrogens is 142 g/mol. The van der Waals surface area contributed by atoms with Crippen LogP contribution in [0.2, 0.25) is 0 Å². The van der Waals surface area contributed by atoms with Crippen LogP contribution in [0, 0.1) is 0 Å². The van der Waals surface area contributed by atoms with Crippen LogP contribution in [0.5, 0.6) is 0 Å². The fourth-order valence-corrected chi connectivity index (χ4v) is 1.02. The smallest absolute Gasteiger partial charge is 0.213 e. The number of epoxide rings is 1. The van der Waals surface area contributed by atoms with Crippen molar-refractivity contribution in [3.8, 4) is 0 Å². The molecule has 1 heterocycles. The summed E-state index contributed by atoms with van der Waals surface area (Å²) < 4.78 is 27.3. The molecule has 0 bridgehead atoms. The Hall–Kier alpha value is -0.130. The summed E-state index contributed by atoms with van der Waals surface area (Å²) in [5.74, 6) is 0. The van der Waals surface area contributed by atoms with Crippen molar-refractivity contribution >= 4 is 10.0 Å². The molecular formula is C4H9NO3S. The van der Waals surface area contributed by atoms with Gasteiger partial charge in [-0.15, -0.1) is 0 Å².